The van der Waals surface area contributed by atoms with Gasteiger partial charge in [-0.15, -0.1) is 24.0 Å². The van der Waals surface area contributed by atoms with Gasteiger partial charge in [0.05, 0.1) is 6.61 Å². The molecule has 0 heterocycles. The SMILES string of the molecule is Cc1ccc(NC(N)=NCCc2ccc(CO)cc2)cc1C.I. The molecule has 124 valence electrons. The normalized spacial score (nSPS) is 11.0. The molecule has 2 aromatic rings. The van der Waals surface area contributed by atoms with E-state index in [-0.39, 0.29) is 30.6 Å². The third-order valence-electron chi connectivity index (χ3n) is 3.67. The molecular formula is C18H24IN3O. The van der Waals surface area contributed by atoms with E-state index in [0.29, 0.717) is 12.5 Å². The van der Waals surface area contributed by atoms with Gasteiger partial charge in [-0.05, 0) is 54.7 Å². The standard InChI is InChI=1S/C18H23N3O.HI/c1-13-3-8-17(11-14(13)2)21-18(19)20-10-9-15-4-6-16(12-22)7-5-15;/h3-8,11,22H,9-10,12H2,1-2H3,(H3,19,20,21);1H. The maximum absolute atomic E-state index is 9.01. The van der Waals surface area contributed by atoms with Crippen molar-refractivity contribution in [2.75, 3.05) is 11.9 Å². The monoisotopic (exact) mass is 425 g/mol. The van der Waals surface area contributed by atoms with Gasteiger partial charge in [-0.2, -0.15) is 0 Å². The van der Waals surface area contributed by atoms with Crippen molar-refractivity contribution in [1.82, 2.24) is 0 Å². The average Bonchev–Trinajstić information content (AvgIpc) is 2.51. The first-order valence-corrected chi connectivity index (χ1v) is 7.41. The largest absolute Gasteiger partial charge is 0.392 e. The Morgan fingerprint density at radius 2 is 1.70 bits per heavy atom. The lowest BCUT2D eigenvalue weighted by Crippen LogP contribution is -2.23. The molecule has 0 amide bonds. The van der Waals surface area contributed by atoms with Crippen LogP contribution in [0.25, 0.3) is 0 Å². The summed E-state index contributed by atoms with van der Waals surface area (Å²) in [5.74, 6) is 0.426. The molecule has 0 aliphatic heterocycles. The van der Waals surface area contributed by atoms with Crippen LogP contribution in [0.3, 0.4) is 0 Å². The number of aliphatic imine (C=N–C) groups is 1. The number of aryl methyl sites for hydroxylation is 2. The first-order valence-electron chi connectivity index (χ1n) is 7.41. The molecule has 2 aromatic carbocycles. The Balaban J connectivity index is 0.00000264. The van der Waals surface area contributed by atoms with Gasteiger partial charge in [-0.25, -0.2) is 0 Å². The third kappa shape index (κ3) is 6.19. The molecule has 23 heavy (non-hydrogen) atoms. The molecule has 0 spiro atoms. The van der Waals surface area contributed by atoms with Crippen molar-refractivity contribution >= 4 is 35.6 Å². The maximum atomic E-state index is 9.01. The van der Waals surface area contributed by atoms with Crippen LogP contribution in [-0.4, -0.2) is 17.6 Å². The van der Waals surface area contributed by atoms with E-state index in [0.717, 1.165) is 17.7 Å². The van der Waals surface area contributed by atoms with Gasteiger partial charge in [0, 0.05) is 12.2 Å². The average molecular weight is 425 g/mol. The molecule has 4 nitrogen and oxygen atoms in total. The predicted octanol–water partition coefficient (Wildman–Crippen LogP) is 3.38. The summed E-state index contributed by atoms with van der Waals surface area (Å²) in [7, 11) is 0. The fourth-order valence-corrected chi connectivity index (χ4v) is 2.12. The lowest BCUT2D eigenvalue weighted by Gasteiger charge is -2.08. The van der Waals surface area contributed by atoms with Gasteiger partial charge >= 0.3 is 0 Å². The highest BCUT2D eigenvalue weighted by Gasteiger charge is 1.98. The van der Waals surface area contributed by atoms with Gasteiger partial charge in [0.15, 0.2) is 5.96 Å². The Kier molecular flexibility index (Phi) is 8.05. The fourth-order valence-electron chi connectivity index (χ4n) is 2.12. The minimum absolute atomic E-state index is 0. The number of guanidine groups is 1. The molecule has 2 rings (SSSR count). The van der Waals surface area contributed by atoms with E-state index in [1.54, 1.807) is 0 Å². The smallest absolute Gasteiger partial charge is 0.193 e. The first-order chi connectivity index (χ1) is 10.6. The van der Waals surface area contributed by atoms with Gasteiger partial charge in [0.25, 0.3) is 0 Å². The number of aliphatic hydroxyl groups is 1. The molecule has 5 heteroatoms. The van der Waals surface area contributed by atoms with E-state index in [4.69, 9.17) is 10.8 Å². The van der Waals surface area contributed by atoms with Crippen LogP contribution in [0.2, 0.25) is 0 Å². The number of nitrogens with two attached hydrogens (primary N) is 1. The Morgan fingerprint density at radius 1 is 1.04 bits per heavy atom. The number of aliphatic hydroxyl groups excluding tert-OH is 1. The molecule has 0 radical (unpaired) electrons. The van der Waals surface area contributed by atoms with E-state index in [1.807, 2.05) is 30.3 Å². The summed E-state index contributed by atoms with van der Waals surface area (Å²) in [6.45, 7) is 4.86. The summed E-state index contributed by atoms with van der Waals surface area (Å²) < 4.78 is 0. The summed E-state index contributed by atoms with van der Waals surface area (Å²) in [5, 5.41) is 12.1. The molecule has 0 saturated heterocycles. The van der Waals surface area contributed by atoms with Crippen molar-refractivity contribution in [3.05, 3.63) is 64.7 Å². The molecule has 0 aliphatic rings. The van der Waals surface area contributed by atoms with Crippen molar-refractivity contribution in [2.24, 2.45) is 10.7 Å². The highest BCUT2D eigenvalue weighted by molar-refractivity contribution is 14.0. The van der Waals surface area contributed by atoms with Crippen molar-refractivity contribution in [3.63, 3.8) is 0 Å². The number of rotatable bonds is 5. The summed E-state index contributed by atoms with van der Waals surface area (Å²) in [6, 6.07) is 14.0. The Morgan fingerprint density at radius 3 is 2.30 bits per heavy atom. The lowest BCUT2D eigenvalue weighted by atomic mass is 10.1. The number of nitrogens with zero attached hydrogens (tertiary/aromatic N) is 1. The molecule has 0 aromatic heterocycles. The topological polar surface area (TPSA) is 70.6 Å². The van der Waals surface area contributed by atoms with Crippen LogP contribution >= 0.6 is 24.0 Å². The number of hydrogen-bond acceptors (Lipinski definition) is 2. The molecular weight excluding hydrogens is 401 g/mol. The maximum Gasteiger partial charge on any atom is 0.193 e. The van der Waals surface area contributed by atoms with Crippen molar-refractivity contribution < 1.29 is 5.11 Å². The van der Waals surface area contributed by atoms with Crippen LogP contribution < -0.4 is 11.1 Å². The van der Waals surface area contributed by atoms with E-state index in [9.17, 15) is 0 Å². The molecule has 0 saturated carbocycles. The summed E-state index contributed by atoms with van der Waals surface area (Å²) >= 11 is 0. The minimum atomic E-state index is 0. The van der Waals surface area contributed by atoms with E-state index >= 15 is 0 Å². The number of nitrogens with one attached hydrogen (secondary N) is 1. The van der Waals surface area contributed by atoms with Crippen molar-refractivity contribution in [3.8, 4) is 0 Å². The molecule has 0 atom stereocenters. The van der Waals surface area contributed by atoms with Crippen LogP contribution in [0.1, 0.15) is 22.3 Å². The number of hydrogen-bond donors (Lipinski definition) is 3. The number of anilines is 1. The first kappa shape index (κ1) is 19.4. The van der Waals surface area contributed by atoms with Crippen molar-refractivity contribution in [2.45, 2.75) is 26.9 Å². The van der Waals surface area contributed by atoms with Gasteiger partial charge < -0.3 is 16.2 Å². The minimum Gasteiger partial charge on any atom is -0.392 e. The molecule has 0 fully saturated rings. The molecule has 0 unspecified atom stereocenters. The number of halogens is 1. The van der Waals surface area contributed by atoms with E-state index in [2.05, 4.69) is 36.3 Å². The Labute approximate surface area is 154 Å². The zero-order valence-corrected chi connectivity index (χ0v) is 15.9. The fraction of sp³-hybridized carbons (Fsp3) is 0.278. The van der Waals surface area contributed by atoms with Crippen LogP contribution in [0.15, 0.2) is 47.5 Å². The zero-order chi connectivity index (χ0) is 15.9. The summed E-state index contributed by atoms with van der Waals surface area (Å²) in [6.07, 6.45) is 0.820. The predicted molar refractivity (Wildman–Crippen MR) is 108 cm³/mol. The van der Waals surface area contributed by atoms with Crippen LogP contribution in [0, 0.1) is 13.8 Å². The zero-order valence-electron chi connectivity index (χ0n) is 13.5. The summed E-state index contributed by atoms with van der Waals surface area (Å²) in [4.78, 5) is 4.34. The lowest BCUT2D eigenvalue weighted by molar-refractivity contribution is 0.282. The van der Waals surface area contributed by atoms with E-state index in [1.165, 1.54) is 16.7 Å². The third-order valence-corrected chi connectivity index (χ3v) is 3.67. The highest BCUT2D eigenvalue weighted by Crippen LogP contribution is 2.13. The summed E-state index contributed by atoms with van der Waals surface area (Å²) in [5.41, 5.74) is 11.4. The van der Waals surface area contributed by atoms with E-state index < -0.39 is 0 Å². The van der Waals surface area contributed by atoms with Crippen LogP contribution in [0.4, 0.5) is 5.69 Å². The van der Waals surface area contributed by atoms with Gasteiger partial charge in [-0.1, -0.05) is 30.3 Å². The molecule has 0 aliphatic carbocycles. The quantitative estimate of drug-likeness (QED) is 0.391. The molecule has 4 N–H and O–H groups in total. The number of benzene rings is 2. The van der Waals surface area contributed by atoms with Gasteiger partial charge in [0.2, 0.25) is 0 Å². The Bertz CT molecular complexity index is 654. The molecule has 0 bridgehead atoms. The van der Waals surface area contributed by atoms with Gasteiger partial charge in [-0.3, -0.25) is 4.99 Å². The van der Waals surface area contributed by atoms with Gasteiger partial charge in [0.1, 0.15) is 0 Å². The van der Waals surface area contributed by atoms with Crippen LogP contribution in [-0.2, 0) is 13.0 Å². The second-order valence-electron chi connectivity index (χ2n) is 5.42. The second kappa shape index (κ2) is 9.52. The highest BCUT2D eigenvalue weighted by atomic mass is 127. The van der Waals surface area contributed by atoms with Crippen molar-refractivity contribution in [1.29, 1.82) is 0 Å². The van der Waals surface area contributed by atoms with Crippen LogP contribution in [0.5, 0.6) is 0 Å². The Hall–Kier alpha value is -1.60. The second-order valence-corrected chi connectivity index (χ2v) is 5.42.